The molecule has 2 fully saturated rings. The number of anilines is 2. The molecule has 3 aromatic carbocycles. The molecule has 6 rings (SSSR count). The molecule has 2 aliphatic heterocycles. The van der Waals surface area contributed by atoms with Gasteiger partial charge in [-0.25, -0.2) is 9.78 Å². The Morgan fingerprint density at radius 3 is 2.66 bits per heavy atom. The van der Waals surface area contributed by atoms with Gasteiger partial charge in [0, 0.05) is 32.4 Å². The summed E-state index contributed by atoms with van der Waals surface area (Å²) in [6.45, 7) is 6.17. The van der Waals surface area contributed by atoms with Gasteiger partial charge in [-0.3, -0.25) is 4.90 Å². The molecule has 0 spiro atoms. The van der Waals surface area contributed by atoms with E-state index in [4.69, 9.17) is 21.3 Å². The van der Waals surface area contributed by atoms with Crippen molar-refractivity contribution in [2.45, 2.75) is 45.4 Å². The van der Waals surface area contributed by atoms with Crippen molar-refractivity contribution in [3.63, 3.8) is 0 Å². The number of rotatable bonds is 8. The molecule has 0 aliphatic carbocycles. The van der Waals surface area contributed by atoms with E-state index in [1.165, 1.54) is 11.1 Å². The van der Waals surface area contributed by atoms with Gasteiger partial charge in [-0.05, 0) is 79.8 Å². The number of likely N-dealkylation sites (tertiary alicyclic amines) is 1. The number of hydrogen-bond acceptors (Lipinski definition) is 5. The van der Waals surface area contributed by atoms with Crippen LogP contribution in [0.4, 0.5) is 11.4 Å². The highest BCUT2D eigenvalue weighted by Crippen LogP contribution is 2.32. The molecule has 212 valence electrons. The molecule has 2 aliphatic rings. The van der Waals surface area contributed by atoms with Gasteiger partial charge in [-0.2, -0.15) is 0 Å². The number of nitrogens with zero attached hydrogens (tertiary/aromatic N) is 4. The van der Waals surface area contributed by atoms with E-state index >= 15 is 0 Å². The molecule has 0 unspecified atom stereocenters. The zero-order valence-electron chi connectivity index (χ0n) is 23.5. The molecule has 1 N–H and O–H groups in total. The lowest BCUT2D eigenvalue weighted by Crippen LogP contribution is -2.34. The molecule has 0 amide bonds. The third-order valence-corrected chi connectivity index (χ3v) is 8.51. The van der Waals surface area contributed by atoms with Crippen LogP contribution in [0.1, 0.15) is 46.6 Å². The second-order valence-electron chi connectivity index (χ2n) is 11.1. The number of piperidine rings is 1. The average molecular weight is 571 g/mol. The van der Waals surface area contributed by atoms with Crippen molar-refractivity contribution in [2.24, 2.45) is 0 Å². The van der Waals surface area contributed by atoms with E-state index in [1.54, 1.807) is 12.1 Å². The molecule has 1 atom stereocenters. The van der Waals surface area contributed by atoms with Gasteiger partial charge in [0.05, 0.1) is 46.5 Å². The van der Waals surface area contributed by atoms with Gasteiger partial charge in [0.1, 0.15) is 5.82 Å². The summed E-state index contributed by atoms with van der Waals surface area (Å²) in [4.78, 5) is 21.1. The largest absolute Gasteiger partial charge is 0.478 e. The third kappa shape index (κ3) is 6.03. The summed E-state index contributed by atoms with van der Waals surface area (Å²) in [5, 5.41) is 10.3. The molecular formula is C33H35ClN4O3. The van der Waals surface area contributed by atoms with Crippen LogP contribution >= 0.6 is 11.6 Å². The molecule has 0 saturated carbocycles. The SMILES string of the molecule is Cc1ccc(N(C)c2cccc(C=C3CCN(Cc4nc5ccc(C(=O)O)cc5n4C[C@@H]4CCO4)CC3)c2)c(Cl)c1. The molecule has 41 heavy (non-hydrogen) atoms. The van der Waals surface area contributed by atoms with Crippen LogP contribution in [0.25, 0.3) is 17.1 Å². The first-order valence-corrected chi connectivity index (χ1v) is 14.6. The van der Waals surface area contributed by atoms with Crippen molar-refractivity contribution >= 4 is 46.1 Å². The van der Waals surface area contributed by atoms with E-state index < -0.39 is 5.97 Å². The zero-order chi connectivity index (χ0) is 28.5. The molecule has 0 bridgehead atoms. The maximum Gasteiger partial charge on any atom is 0.335 e. The number of imidazole rings is 1. The first-order chi connectivity index (χ1) is 19.8. The summed E-state index contributed by atoms with van der Waals surface area (Å²) in [7, 11) is 2.05. The molecule has 3 heterocycles. The van der Waals surface area contributed by atoms with Crippen LogP contribution < -0.4 is 4.90 Å². The monoisotopic (exact) mass is 570 g/mol. The van der Waals surface area contributed by atoms with Gasteiger partial charge in [0.25, 0.3) is 0 Å². The topological polar surface area (TPSA) is 70.8 Å². The van der Waals surface area contributed by atoms with Crippen LogP contribution in [0, 0.1) is 6.92 Å². The number of halogens is 1. The summed E-state index contributed by atoms with van der Waals surface area (Å²) in [5.41, 5.74) is 7.85. The Kier molecular flexibility index (Phi) is 7.84. The van der Waals surface area contributed by atoms with Gasteiger partial charge in [0.15, 0.2) is 0 Å². The van der Waals surface area contributed by atoms with Gasteiger partial charge in [0.2, 0.25) is 0 Å². The van der Waals surface area contributed by atoms with Crippen molar-refractivity contribution in [3.05, 3.63) is 93.8 Å². The number of ether oxygens (including phenoxy) is 1. The van der Waals surface area contributed by atoms with E-state index in [2.05, 4.69) is 56.8 Å². The predicted molar refractivity (Wildman–Crippen MR) is 164 cm³/mol. The van der Waals surface area contributed by atoms with Gasteiger partial charge < -0.3 is 19.3 Å². The number of carbonyl (C=O) groups is 1. The lowest BCUT2D eigenvalue weighted by Gasteiger charge is -2.30. The summed E-state index contributed by atoms with van der Waals surface area (Å²) in [6.07, 6.45) is 5.50. The fourth-order valence-corrected chi connectivity index (χ4v) is 6.05. The first kappa shape index (κ1) is 27.5. The number of aromatic nitrogens is 2. The van der Waals surface area contributed by atoms with E-state index in [-0.39, 0.29) is 11.7 Å². The summed E-state index contributed by atoms with van der Waals surface area (Å²) < 4.78 is 7.88. The van der Waals surface area contributed by atoms with E-state index in [0.717, 1.165) is 84.3 Å². The predicted octanol–water partition coefficient (Wildman–Crippen LogP) is 6.93. The van der Waals surface area contributed by atoms with Gasteiger partial charge in [-0.1, -0.05) is 41.4 Å². The quantitative estimate of drug-likeness (QED) is 0.248. The number of aryl methyl sites for hydroxylation is 1. The van der Waals surface area contributed by atoms with Crippen molar-refractivity contribution in [1.82, 2.24) is 14.5 Å². The Labute approximate surface area is 245 Å². The lowest BCUT2D eigenvalue weighted by atomic mass is 10.0. The van der Waals surface area contributed by atoms with Crippen molar-refractivity contribution in [1.29, 1.82) is 0 Å². The minimum absolute atomic E-state index is 0.160. The fourth-order valence-electron chi connectivity index (χ4n) is 5.69. The summed E-state index contributed by atoms with van der Waals surface area (Å²) in [5.74, 6) is 0.0449. The molecule has 0 radical (unpaired) electrons. The number of aromatic carboxylic acids is 1. The third-order valence-electron chi connectivity index (χ3n) is 8.21. The number of fused-ring (bicyclic) bond motifs is 1. The molecular weight excluding hydrogens is 536 g/mol. The highest BCUT2D eigenvalue weighted by Gasteiger charge is 2.24. The molecule has 1 aromatic heterocycles. The standard InChI is InChI=1S/C33H35ClN4O3/c1-22-6-9-30(28(34)16-22)36(2)26-5-3-4-24(18-26)17-23-10-13-37(14-11-23)21-32-35-29-8-7-25(33(39)40)19-31(29)38(32)20-27-12-15-41-27/h3-9,16-19,27H,10-15,20-21H2,1-2H3,(H,39,40)/t27-/m0/s1. The van der Waals surface area contributed by atoms with Crippen molar-refractivity contribution in [3.8, 4) is 0 Å². The van der Waals surface area contributed by atoms with Crippen LogP contribution in [-0.2, 0) is 17.8 Å². The maximum absolute atomic E-state index is 11.6. The number of hydrogen-bond donors (Lipinski definition) is 1. The molecule has 8 heteroatoms. The minimum atomic E-state index is -0.924. The summed E-state index contributed by atoms with van der Waals surface area (Å²) in [6, 6.07) is 19.9. The second-order valence-corrected chi connectivity index (χ2v) is 11.5. The molecule has 7 nitrogen and oxygen atoms in total. The normalized spacial score (nSPS) is 17.4. The summed E-state index contributed by atoms with van der Waals surface area (Å²) >= 11 is 6.53. The molecule has 2 saturated heterocycles. The lowest BCUT2D eigenvalue weighted by molar-refractivity contribution is -0.0592. The van der Waals surface area contributed by atoms with Crippen molar-refractivity contribution in [2.75, 3.05) is 31.6 Å². The Balaban J connectivity index is 1.15. The van der Waals surface area contributed by atoms with E-state index in [0.29, 0.717) is 6.54 Å². The average Bonchev–Trinajstić information content (AvgIpc) is 3.27. The van der Waals surface area contributed by atoms with E-state index in [1.807, 2.05) is 26.1 Å². The number of benzene rings is 3. The smallest absolute Gasteiger partial charge is 0.335 e. The Morgan fingerprint density at radius 1 is 1.15 bits per heavy atom. The van der Waals surface area contributed by atoms with Crippen LogP contribution in [0.15, 0.2) is 66.2 Å². The van der Waals surface area contributed by atoms with Crippen LogP contribution in [0.3, 0.4) is 0 Å². The Hall–Kier alpha value is -3.65. The Morgan fingerprint density at radius 2 is 1.95 bits per heavy atom. The minimum Gasteiger partial charge on any atom is -0.478 e. The van der Waals surface area contributed by atoms with Crippen LogP contribution in [0.2, 0.25) is 5.02 Å². The van der Waals surface area contributed by atoms with Crippen LogP contribution in [-0.4, -0.2) is 58.4 Å². The fraction of sp³-hybridized carbons (Fsp3) is 0.333. The van der Waals surface area contributed by atoms with Gasteiger partial charge >= 0.3 is 5.97 Å². The first-order valence-electron chi connectivity index (χ1n) is 14.2. The van der Waals surface area contributed by atoms with Gasteiger partial charge in [-0.15, -0.1) is 0 Å². The highest BCUT2D eigenvalue weighted by molar-refractivity contribution is 6.33. The number of carboxylic acid groups (broad SMARTS) is 1. The second kappa shape index (κ2) is 11.7. The zero-order valence-corrected chi connectivity index (χ0v) is 24.3. The Bertz CT molecular complexity index is 1610. The molecule has 4 aromatic rings. The van der Waals surface area contributed by atoms with E-state index in [9.17, 15) is 9.90 Å². The van der Waals surface area contributed by atoms with Crippen molar-refractivity contribution < 1.29 is 14.6 Å². The number of carboxylic acids is 1. The highest BCUT2D eigenvalue weighted by atomic mass is 35.5. The maximum atomic E-state index is 11.6. The van der Waals surface area contributed by atoms with Crippen LogP contribution in [0.5, 0.6) is 0 Å².